The molecule has 0 bridgehead atoms. The fourth-order valence-corrected chi connectivity index (χ4v) is 4.56. The lowest BCUT2D eigenvalue weighted by atomic mass is 10.2. The third kappa shape index (κ3) is 10.3. The van der Waals surface area contributed by atoms with Gasteiger partial charge in [0.05, 0.1) is 11.5 Å². The molecule has 2 aromatic rings. The van der Waals surface area contributed by atoms with Gasteiger partial charge in [0.1, 0.15) is 12.4 Å². The lowest BCUT2D eigenvalue weighted by molar-refractivity contribution is -0.384. The Morgan fingerprint density at radius 2 is 1.74 bits per heavy atom. The molecule has 34 heavy (non-hydrogen) atoms. The fraction of sp³-hybridized carbons (Fsp3) is 0.391. The van der Waals surface area contributed by atoms with Crippen LogP contribution in [0.1, 0.15) is 39.2 Å². The monoisotopic (exact) mass is 508 g/mol. The van der Waals surface area contributed by atoms with Crippen LogP contribution in [0.2, 0.25) is 0 Å². The Hall–Kier alpha value is -2.92. The van der Waals surface area contributed by atoms with Gasteiger partial charge in [-0.2, -0.15) is 0 Å². The number of alkyl carbamates (subject to hydrolysis) is 1. The van der Waals surface area contributed by atoms with E-state index in [9.17, 15) is 19.7 Å². The molecule has 0 aliphatic carbocycles. The predicted molar refractivity (Wildman–Crippen MR) is 132 cm³/mol. The van der Waals surface area contributed by atoms with Crippen LogP contribution in [0, 0.1) is 10.1 Å². The Morgan fingerprint density at radius 1 is 1.06 bits per heavy atom. The molecule has 0 aromatic heterocycles. The first-order chi connectivity index (χ1) is 16.2. The number of nitro benzene ring substituents is 1. The van der Waals surface area contributed by atoms with Crippen LogP contribution in [-0.2, 0) is 16.1 Å². The van der Waals surface area contributed by atoms with E-state index in [0.29, 0.717) is 13.2 Å². The highest BCUT2D eigenvalue weighted by Gasteiger charge is 2.21. The van der Waals surface area contributed by atoms with Crippen LogP contribution < -0.4 is 10.1 Å². The van der Waals surface area contributed by atoms with Gasteiger partial charge in [-0.05, 0) is 50.1 Å². The molecule has 9 nitrogen and oxygen atoms in total. The first kappa shape index (κ1) is 27.3. The van der Waals surface area contributed by atoms with Gasteiger partial charge in [0.2, 0.25) is 0 Å². The van der Waals surface area contributed by atoms with Crippen molar-refractivity contribution in [3.05, 3.63) is 64.2 Å². The van der Waals surface area contributed by atoms with Crippen LogP contribution >= 0.6 is 21.6 Å². The number of nitrogens with one attached hydrogen (secondary N) is 1. The first-order valence-electron chi connectivity index (χ1n) is 10.6. The molecular weight excluding hydrogens is 480 g/mol. The van der Waals surface area contributed by atoms with E-state index in [0.717, 1.165) is 23.3 Å². The van der Waals surface area contributed by atoms with E-state index in [1.54, 1.807) is 21.6 Å². The lowest BCUT2D eigenvalue weighted by Gasteiger charge is -2.23. The molecule has 0 aliphatic heterocycles. The Morgan fingerprint density at radius 3 is 2.35 bits per heavy atom. The van der Waals surface area contributed by atoms with Crippen LogP contribution in [-0.4, -0.2) is 35.1 Å². The molecule has 0 unspecified atom stereocenters. The van der Waals surface area contributed by atoms with Crippen LogP contribution in [0.4, 0.5) is 15.3 Å². The van der Waals surface area contributed by atoms with Crippen molar-refractivity contribution in [2.24, 2.45) is 0 Å². The van der Waals surface area contributed by atoms with Gasteiger partial charge in [0.15, 0.2) is 0 Å². The molecule has 184 valence electrons. The number of hydrogen-bond acceptors (Lipinski definition) is 9. The average molecular weight is 509 g/mol. The Balaban J connectivity index is 1.72. The van der Waals surface area contributed by atoms with Gasteiger partial charge in [-0.25, -0.2) is 9.59 Å². The van der Waals surface area contributed by atoms with Gasteiger partial charge in [-0.3, -0.25) is 10.1 Å². The number of carbonyl (C=O) groups is 2. The highest BCUT2D eigenvalue weighted by atomic mass is 33.1. The zero-order valence-electron chi connectivity index (χ0n) is 19.3. The van der Waals surface area contributed by atoms with E-state index < -0.39 is 17.2 Å². The largest absolute Gasteiger partial charge is 0.514 e. The normalized spacial score (nSPS) is 10.9. The summed E-state index contributed by atoms with van der Waals surface area (Å²) < 4.78 is 15.0. The summed E-state index contributed by atoms with van der Waals surface area (Å²) in [7, 11) is 3.21. The fourth-order valence-electron chi connectivity index (χ4n) is 2.38. The molecule has 0 radical (unpaired) electrons. The van der Waals surface area contributed by atoms with Crippen molar-refractivity contribution in [2.75, 3.05) is 13.2 Å². The maximum atomic E-state index is 11.8. The molecule has 0 heterocycles. The Bertz CT molecular complexity index is 951. The van der Waals surface area contributed by atoms with Gasteiger partial charge < -0.3 is 19.5 Å². The van der Waals surface area contributed by atoms with Gasteiger partial charge in [-0.15, -0.1) is 0 Å². The topological polar surface area (TPSA) is 117 Å². The number of amides is 1. The zero-order valence-corrected chi connectivity index (χ0v) is 20.9. The number of benzene rings is 2. The van der Waals surface area contributed by atoms with Crippen LogP contribution in [0.25, 0.3) is 0 Å². The minimum absolute atomic E-state index is 0.0272. The van der Waals surface area contributed by atoms with Crippen molar-refractivity contribution in [1.29, 1.82) is 0 Å². The average Bonchev–Trinajstić information content (AvgIpc) is 2.81. The number of hydrogen-bond donors (Lipinski definition) is 1. The molecule has 0 fully saturated rings. The maximum absolute atomic E-state index is 11.8. The second-order valence-electron chi connectivity index (χ2n) is 7.81. The smallest absolute Gasteiger partial charge is 0.450 e. The highest BCUT2D eigenvalue weighted by Crippen LogP contribution is 2.40. The van der Waals surface area contributed by atoms with Crippen molar-refractivity contribution < 1.29 is 28.7 Å². The summed E-state index contributed by atoms with van der Waals surface area (Å²) in [6.07, 6.45) is 0.528. The second-order valence-corrected chi connectivity index (χ2v) is 10.7. The molecule has 2 rings (SSSR count). The SMILES string of the molecule is CCCCOC(=O)NCC(C)(C)SSc1ccc(COC(=O)Oc2ccc([N+](=O)[O-])cc2)cc1. The van der Waals surface area contributed by atoms with E-state index in [4.69, 9.17) is 14.2 Å². The third-order valence-electron chi connectivity index (χ3n) is 4.28. The molecule has 1 N–H and O–H groups in total. The van der Waals surface area contributed by atoms with Crippen molar-refractivity contribution in [2.45, 2.75) is 49.9 Å². The van der Waals surface area contributed by atoms with E-state index in [1.807, 2.05) is 45.0 Å². The molecule has 11 heteroatoms. The lowest BCUT2D eigenvalue weighted by Crippen LogP contribution is -2.36. The first-order valence-corrected chi connectivity index (χ1v) is 12.8. The molecule has 1 amide bonds. The molecule has 0 aliphatic rings. The summed E-state index contributed by atoms with van der Waals surface area (Å²) in [5.41, 5.74) is 0.687. The molecule has 2 aromatic carbocycles. The van der Waals surface area contributed by atoms with E-state index in [1.165, 1.54) is 24.3 Å². The number of nitro groups is 1. The Kier molecular flexibility index (Phi) is 11.0. The molecular formula is C23H28N2O7S2. The number of non-ortho nitro benzene ring substituents is 1. The molecule has 0 atom stereocenters. The van der Waals surface area contributed by atoms with Gasteiger partial charge in [0, 0.05) is 28.3 Å². The van der Waals surface area contributed by atoms with Gasteiger partial charge in [0.25, 0.3) is 5.69 Å². The number of ether oxygens (including phenoxy) is 3. The summed E-state index contributed by atoms with van der Waals surface area (Å²) in [6, 6.07) is 12.7. The molecule has 0 saturated heterocycles. The zero-order chi connectivity index (χ0) is 25.0. The van der Waals surface area contributed by atoms with E-state index in [2.05, 4.69) is 5.32 Å². The van der Waals surface area contributed by atoms with Crippen molar-refractivity contribution >= 4 is 39.5 Å². The van der Waals surface area contributed by atoms with Gasteiger partial charge in [-0.1, -0.05) is 47.1 Å². The van der Waals surface area contributed by atoms with Crippen LogP contribution in [0.5, 0.6) is 5.75 Å². The van der Waals surface area contributed by atoms with Crippen LogP contribution in [0.3, 0.4) is 0 Å². The minimum atomic E-state index is -0.898. The molecule has 0 saturated carbocycles. The number of rotatable bonds is 12. The molecule has 0 spiro atoms. The summed E-state index contributed by atoms with van der Waals surface area (Å²) in [6.45, 7) is 7.04. The second kappa shape index (κ2) is 13.7. The Labute approximate surface area is 206 Å². The number of nitrogens with zero attached hydrogens (tertiary/aromatic N) is 1. The van der Waals surface area contributed by atoms with Crippen molar-refractivity contribution in [1.82, 2.24) is 5.32 Å². The highest BCUT2D eigenvalue weighted by molar-refractivity contribution is 8.77. The summed E-state index contributed by atoms with van der Waals surface area (Å²) in [4.78, 5) is 34.7. The van der Waals surface area contributed by atoms with Crippen molar-refractivity contribution in [3.8, 4) is 5.75 Å². The predicted octanol–water partition coefficient (Wildman–Crippen LogP) is 6.36. The maximum Gasteiger partial charge on any atom is 0.514 e. The summed E-state index contributed by atoms with van der Waals surface area (Å²) in [5.74, 6) is 0.158. The number of carbonyl (C=O) groups excluding carboxylic acids is 2. The van der Waals surface area contributed by atoms with Gasteiger partial charge >= 0.3 is 12.2 Å². The van der Waals surface area contributed by atoms with E-state index in [-0.39, 0.29) is 22.8 Å². The quantitative estimate of drug-likeness (QED) is 0.0873. The van der Waals surface area contributed by atoms with E-state index >= 15 is 0 Å². The summed E-state index contributed by atoms with van der Waals surface area (Å²) >= 11 is 0. The third-order valence-corrected chi connectivity index (χ3v) is 7.61. The summed E-state index contributed by atoms with van der Waals surface area (Å²) in [5, 5.41) is 13.4. The standard InChI is InChI=1S/C23H28N2O7S2/c1-4-5-14-30-21(26)24-16-23(2,3)34-33-20-12-6-17(7-13-20)15-31-22(27)32-19-10-8-18(9-11-19)25(28)29/h6-13H,4-5,14-16H2,1-3H3,(H,24,26). The minimum Gasteiger partial charge on any atom is -0.450 e. The van der Waals surface area contributed by atoms with Crippen molar-refractivity contribution in [3.63, 3.8) is 0 Å². The number of unbranched alkanes of at least 4 members (excludes halogenated alkanes) is 1. The van der Waals surface area contributed by atoms with Crippen LogP contribution in [0.15, 0.2) is 53.4 Å².